The molecule has 0 unspecified atom stereocenters. The van der Waals surface area contributed by atoms with E-state index in [2.05, 4.69) is 14.8 Å². The first-order valence-corrected chi connectivity index (χ1v) is 7.62. The first kappa shape index (κ1) is 9.63. The van der Waals surface area contributed by atoms with Gasteiger partial charge < -0.3 is 0 Å². The standard InChI is InChI=1S/C6H15BrOS/c1-4-9(7,8,5-2)6-3/h4-6H2,1-3H3. The maximum Gasteiger partial charge on any atom is 0.00974 e. The molecule has 0 bridgehead atoms. The lowest BCUT2D eigenvalue weighted by atomic mass is 10.9. The summed E-state index contributed by atoms with van der Waals surface area (Å²) in [5.74, 6) is 2.26. The number of rotatable bonds is 3. The van der Waals surface area contributed by atoms with Crippen LogP contribution in [0, 0.1) is 0 Å². The van der Waals surface area contributed by atoms with Gasteiger partial charge in [0, 0.05) is 17.3 Å². The Morgan fingerprint density at radius 2 is 1.33 bits per heavy atom. The molecule has 58 valence electrons. The van der Waals surface area contributed by atoms with E-state index in [-0.39, 0.29) is 0 Å². The summed E-state index contributed by atoms with van der Waals surface area (Å²) >= 11 is 3.34. The maximum absolute atomic E-state index is 11.8. The van der Waals surface area contributed by atoms with Crippen molar-refractivity contribution in [3.63, 3.8) is 0 Å². The van der Waals surface area contributed by atoms with Gasteiger partial charge in [-0.3, -0.25) is 4.21 Å². The molecular formula is C6H15BrOS. The molecule has 0 N–H and O–H groups in total. The average molecular weight is 215 g/mol. The fourth-order valence-electron chi connectivity index (χ4n) is 0.612. The van der Waals surface area contributed by atoms with Crippen LogP contribution in [0.3, 0.4) is 0 Å². The van der Waals surface area contributed by atoms with Gasteiger partial charge in [0.05, 0.1) is 0 Å². The second-order valence-corrected chi connectivity index (χ2v) is 11.6. The van der Waals surface area contributed by atoms with Crippen molar-refractivity contribution in [2.75, 3.05) is 17.3 Å². The lowest BCUT2D eigenvalue weighted by Gasteiger charge is -2.31. The number of halogens is 1. The van der Waals surface area contributed by atoms with Gasteiger partial charge in [-0.05, 0) is 22.3 Å². The van der Waals surface area contributed by atoms with Gasteiger partial charge in [-0.15, -0.1) is 0 Å². The van der Waals surface area contributed by atoms with Gasteiger partial charge in [0.1, 0.15) is 0 Å². The largest absolute Gasteiger partial charge is 0.272 e. The Labute approximate surface area is 64.8 Å². The maximum atomic E-state index is 11.8. The first-order valence-electron chi connectivity index (χ1n) is 3.31. The van der Waals surface area contributed by atoms with Crippen LogP contribution in [-0.2, 0) is 7.50 Å². The Morgan fingerprint density at radius 1 is 1.11 bits per heavy atom. The SMILES string of the molecule is CCS(=O)(Br)(CC)CC. The van der Waals surface area contributed by atoms with Crippen molar-refractivity contribution >= 4 is 22.3 Å². The smallest absolute Gasteiger partial charge is 0.00974 e. The summed E-state index contributed by atoms with van der Waals surface area (Å²) in [5.41, 5.74) is 0. The summed E-state index contributed by atoms with van der Waals surface area (Å²) in [6.07, 6.45) is 0. The summed E-state index contributed by atoms with van der Waals surface area (Å²) in [7, 11) is -2.33. The zero-order valence-corrected chi connectivity index (χ0v) is 8.72. The molecule has 0 aromatic carbocycles. The first-order chi connectivity index (χ1) is 3.96. The molecule has 0 amide bonds. The molecule has 9 heavy (non-hydrogen) atoms. The van der Waals surface area contributed by atoms with Gasteiger partial charge >= 0.3 is 0 Å². The average Bonchev–Trinajstić information content (AvgIpc) is 1.90. The van der Waals surface area contributed by atoms with Crippen LogP contribution >= 0.6 is 14.8 Å². The Bertz CT molecular complexity index is 131. The van der Waals surface area contributed by atoms with Crippen molar-refractivity contribution in [3.8, 4) is 0 Å². The van der Waals surface area contributed by atoms with E-state index in [1.807, 2.05) is 20.8 Å². The molecule has 0 aromatic rings. The van der Waals surface area contributed by atoms with E-state index in [4.69, 9.17) is 0 Å². The van der Waals surface area contributed by atoms with E-state index in [1.165, 1.54) is 0 Å². The predicted octanol–water partition coefficient (Wildman–Crippen LogP) is 2.18. The molecule has 0 aromatic heterocycles. The summed E-state index contributed by atoms with van der Waals surface area (Å²) in [4.78, 5) is 0. The monoisotopic (exact) mass is 214 g/mol. The predicted molar refractivity (Wildman–Crippen MR) is 48.7 cm³/mol. The van der Waals surface area contributed by atoms with Gasteiger partial charge in [-0.2, -0.15) is 0 Å². The van der Waals surface area contributed by atoms with Crippen molar-refractivity contribution in [2.45, 2.75) is 20.8 Å². The molecule has 1 nitrogen and oxygen atoms in total. The van der Waals surface area contributed by atoms with Gasteiger partial charge in [0.15, 0.2) is 0 Å². The highest BCUT2D eigenvalue weighted by atomic mass is 79.9. The highest BCUT2D eigenvalue weighted by molar-refractivity contribution is 9.53. The summed E-state index contributed by atoms with van der Waals surface area (Å²) < 4.78 is 11.8. The molecule has 0 rings (SSSR count). The molecule has 0 spiro atoms. The van der Waals surface area contributed by atoms with E-state index in [0.29, 0.717) is 0 Å². The third-order valence-corrected chi connectivity index (χ3v) is 9.84. The minimum Gasteiger partial charge on any atom is -0.272 e. The quantitative estimate of drug-likeness (QED) is 0.659. The molecule has 0 aliphatic rings. The van der Waals surface area contributed by atoms with Gasteiger partial charge in [0.2, 0.25) is 0 Å². The van der Waals surface area contributed by atoms with Gasteiger partial charge in [0.25, 0.3) is 0 Å². The highest BCUT2D eigenvalue weighted by Crippen LogP contribution is 2.32. The molecule has 0 heterocycles. The third-order valence-electron chi connectivity index (χ3n) is 1.91. The van der Waals surface area contributed by atoms with E-state index in [9.17, 15) is 4.21 Å². The molecule has 0 radical (unpaired) electrons. The van der Waals surface area contributed by atoms with E-state index in [0.717, 1.165) is 17.3 Å². The van der Waals surface area contributed by atoms with E-state index in [1.54, 1.807) is 0 Å². The number of hydrogen-bond donors (Lipinski definition) is 0. The molecular weight excluding hydrogens is 200 g/mol. The van der Waals surface area contributed by atoms with Crippen molar-refractivity contribution in [2.24, 2.45) is 0 Å². The summed E-state index contributed by atoms with van der Waals surface area (Å²) in [5, 5.41) is 0. The fourth-order valence-corrected chi connectivity index (χ4v) is 1.84. The van der Waals surface area contributed by atoms with Crippen LogP contribution in [-0.4, -0.2) is 21.5 Å². The Kier molecular flexibility index (Phi) is 2.89. The lowest BCUT2D eigenvalue weighted by Crippen LogP contribution is -2.32. The lowest BCUT2D eigenvalue weighted by molar-refractivity contribution is 0.670. The van der Waals surface area contributed by atoms with Crippen LogP contribution < -0.4 is 0 Å². The number of hydrogen-bond acceptors (Lipinski definition) is 1. The summed E-state index contributed by atoms with van der Waals surface area (Å²) in [6, 6.07) is 0. The van der Waals surface area contributed by atoms with Crippen molar-refractivity contribution < 1.29 is 4.21 Å². The minimum atomic E-state index is -2.33. The van der Waals surface area contributed by atoms with Crippen LogP contribution in [0.4, 0.5) is 0 Å². The third kappa shape index (κ3) is 2.38. The highest BCUT2D eigenvalue weighted by Gasteiger charge is 2.26. The van der Waals surface area contributed by atoms with Gasteiger partial charge in [-0.25, -0.2) is 0 Å². The van der Waals surface area contributed by atoms with Crippen LogP contribution in [0.1, 0.15) is 20.8 Å². The molecule has 0 aliphatic heterocycles. The van der Waals surface area contributed by atoms with Crippen molar-refractivity contribution in [1.29, 1.82) is 0 Å². The molecule has 0 aliphatic carbocycles. The second-order valence-electron chi connectivity index (χ2n) is 2.22. The van der Waals surface area contributed by atoms with Gasteiger partial charge in [-0.1, -0.05) is 20.8 Å². The normalized spacial score (nSPS) is 16.7. The topological polar surface area (TPSA) is 17.1 Å². The van der Waals surface area contributed by atoms with Crippen LogP contribution in [0.5, 0.6) is 0 Å². The molecule has 0 fully saturated rings. The molecule has 0 atom stereocenters. The molecule has 0 saturated heterocycles. The second kappa shape index (κ2) is 2.70. The molecule has 0 saturated carbocycles. The minimum absolute atomic E-state index is 0.754. The zero-order chi connectivity index (χ0) is 7.57. The van der Waals surface area contributed by atoms with Crippen LogP contribution in [0.2, 0.25) is 0 Å². The fraction of sp³-hybridized carbons (Fsp3) is 1.00. The van der Waals surface area contributed by atoms with Crippen LogP contribution in [0.15, 0.2) is 0 Å². The molecule has 3 heteroatoms. The van der Waals surface area contributed by atoms with Crippen molar-refractivity contribution in [3.05, 3.63) is 0 Å². The Hall–Kier alpha value is 0.630. The zero-order valence-electron chi connectivity index (χ0n) is 6.32. The van der Waals surface area contributed by atoms with E-state index >= 15 is 0 Å². The Morgan fingerprint density at radius 3 is 1.33 bits per heavy atom. The van der Waals surface area contributed by atoms with Crippen molar-refractivity contribution in [1.82, 2.24) is 0 Å². The Balaban J connectivity index is 4.42. The van der Waals surface area contributed by atoms with E-state index < -0.39 is 7.50 Å². The van der Waals surface area contributed by atoms with Crippen LogP contribution in [0.25, 0.3) is 0 Å². The summed E-state index contributed by atoms with van der Waals surface area (Å²) in [6.45, 7) is 5.91.